The minimum Gasteiger partial charge on any atom is -0.369 e. The molecule has 1 radical (unpaired) electrons. The van der Waals surface area contributed by atoms with Gasteiger partial charge in [-0.2, -0.15) is 0 Å². The van der Waals surface area contributed by atoms with Gasteiger partial charge in [0.25, 0.3) is 5.56 Å². The molecule has 1 atom stereocenters. The highest BCUT2D eigenvalue weighted by molar-refractivity contribution is 5.83. The summed E-state index contributed by atoms with van der Waals surface area (Å²) in [7, 11) is 0. The molecule has 0 saturated heterocycles. The standard InChI is InChI=1S/C12H12N5O2/c1-7(4-10(13)18)12-16-9(5-11(19)17-12)8-2-3-14-6-15-8/h2-7H,1H3,(H2,13,18)(H,16,17,19). The molecule has 2 rings (SSSR count). The number of nitrogens with two attached hydrogens (primary N) is 1. The van der Waals surface area contributed by atoms with Gasteiger partial charge in [0.1, 0.15) is 12.2 Å². The number of carbonyl (C=O) groups is 1. The second-order valence-electron chi connectivity index (χ2n) is 3.97. The van der Waals surface area contributed by atoms with Crippen molar-refractivity contribution in [2.45, 2.75) is 12.8 Å². The van der Waals surface area contributed by atoms with Gasteiger partial charge in [0.05, 0.1) is 17.8 Å². The summed E-state index contributed by atoms with van der Waals surface area (Å²) in [5.74, 6) is -0.588. The van der Waals surface area contributed by atoms with Crippen LogP contribution in [0.2, 0.25) is 0 Å². The maximum Gasteiger partial charge on any atom is 0.251 e. The monoisotopic (exact) mass is 258 g/mol. The van der Waals surface area contributed by atoms with Crippen LogP contribution in [0.5, 0.6) is 0 Å². The van der Waals surface area contributed by atoms with Gasteiger partial charge in [-0.05, 0) is 6.07 Å². The Morgan fingerprint density at radius 1 is 1.47 bits per heavy atom. The van der Waals surface area contributed by atoms with Crippen molar-refractivity contribution in [3.63, 3.8) is 0 Å². The molecule has 3 N–H and O–H groups in total. The van der Waals surface area contributed by atoms with E-state index in [4.69, 9.17) is 5.73 Å². The van der Waals surface area contributed by atoms with Crippen molar-refractivity contribution in [2.75, 3.05) is 0 Å². The summed E-state index contributed by atoms with van der Waals surface area (Å²) in [6.45, 7) is 1.72. The number of amides is 1. The maximum absolute atomic E-state index is 11.6. The van der Waals surface area contributed by atoms with Crippen molar-refractivity contribution in [3.8, 4) is 11.4 Å². The van der Waals surface area contributed by atoms with Gasteiger partial charge in [0.15, 0.2) is 0 Å². The number of aromatic nitrogens is 4. The van der Waals surface area contributed by atoms with E-state index < -0.39 is 5.91 Å². The Morgan fingerprint density at radius 2 is 2.26 bits per heavy atom. The van der Waals surface area contributed by atoms with E-state index in [-0.39, 0.29) is 11.5 Å². The smallest absolute Gasteiger partial charge is 0.251 e. The van der Waals surface area contributed by atoms with E-state index in [1.807, 2.05) is 0 Å². The van der Waals surface area contributed by atoms with Gasteiger partial charge in [-0.15, -0.1) is 0 Å². The van der Waals surface area contributed by atoms with Gasteiger partial charge in [-0.1, -0.05) is 6.92 Å². The highest BCUT2D eigenvalue weighted by Gasteiger charge is 2.14. The highest BCUT2D eigenvalue weighted by atomic mass is 16.1. The predicted octanol–water partition coefficient (Wildman–Crippen LogP) is 0.0200. The number of hydrogen-bond acceptors (Lipinski definition) is 5. The first kappa shape index (κ1) is 12.9. The summed E-state index contributed by atoms with van der Waals surface area (Å²) in [5, 5.41) is 0. The summed E-state index contributed by atoms with van der Waals surface area (Å²) in [6.07, 6.45) is 4.21. The number of aromatic amines is 1. The van der Waals surface area contributed by atoms with Crippen molar-refractivity contribution in [2.24, 2.45) is 5.73 Å². The molecule has 0 bridgehead atoms. The summed E-state index contributed by atoms with van der Waals surface area (Å²) >= 11 is 0. The normalized spacial score (nSPS) is 12.1. The van der Waals surface area contributed by atoms with Crippen LogP contribution in [0.25, 0.3) is 11.4 Å². The molecule has 1 unspecified atom stereocenters. The lowest BCUT2D eigenvalue weighted by atomic mass is 10.1. The SMILES string of the molecule is CC([CH]C(N)=O)c1nc(-c2ccncn2)cc(=O)[nH]1. The molecule has 0 aliphatic carbocycles. The van der Waals surface area contributed by atoms with Crippen LogP contribution in [0.3, 0.4) is 0 Å². The fourth-order valence-corrected chi connectivity index (χ4v) is 1.59. The average Bonchev–Trinajstić information content (AvgIpc) is 2.38. The Hall–Kier alpha value is -2.57. The van der Waals surface area contributed by atoms with Crippen molar-refractivity contribution in [1.29, 1.82) is 0 Å². The van der Waals surface area contributed by atoms with Gasteiger partial charge in [-0.3, -0.25) is 9.59 Å². The Morgan fingerprint density at radius 3 is 2.89 bits per heavy atom. The van der Waals surface area contributed by atoms with Gasteiger partial charge in [0, 0.05) is 18.2 Å². The zero-order chi connectivity index (χ0) is 13.8. The third-order valence-corrected chi connectivity index (χ3v) is 2.45. The summed E-state index contributed by atoms with van der Waals surface area (Å²) in [5.41, 5.74) is 5.72. The maximum atomic E-state index is 11.6. The number of nitrogens with zero attached hydrogens (tertiary/aromatic N) is 3. The lowest BCUT2D eigenvalue weighted by Crippen LogP contribution is -2.19. The molecule has 2 aromatic rings. The molecule has 2 aromatic heterocycles. The van der Waals surface area contributed by atoms with Crippen LogP contribution in [0.15, 0.2) is 29.5 Å². The van der Waals surface area contributed by atoms with Crippen LogP contribution >= 0.6 is 0 Å². The number of primary amides is 1. The molecule has 2 heterocycles. The second kappa shape index (κ2) is 5.38. The van der Waals surface area contributed by atoms with E-state index in [1.165, 1.54) is 18.8 Å². The summed E-state index contributed by atoms with van der Waals surface area (Å²) in [6, 6.07) is 2.98. The molecular weight excluding hydrogens is 246 g/mol. The van der Waals surface area contributed by atoms with Crippen LogP contribution in [0.4, 0.5) is 0 Å². The number of carbonyl (C=O) groups excluding carboxylic acids is 1. The molecule has 1 amide bonds. The number of nitrogens with one attached hydrogen (secondary N) is 1. The van der Waals surface area contributed by atoms with Crippen LogP contribution in [0.1, 0.15) is 18.7 Å². The largest absolute Gasteiger partial charge is 0.369 e. The Balaban J connectivity index is 2.40. The summed E-state index contributed by atoms with van der Waals surface area (Å²) < 4.78 is 0. The zero-order valence-electron chi connectivity index (χ0n) is 10.2. The van der Waals surface area contributed by atoms with Crippen molar-refractivity contribution < 1.29 is 4.79 Å². The second-order valence-corrected chi connectivity index (χ2v) is 3.97. The van der Waals surface area contributed by atoms with Gasteiger partial charge in [-0.25, -0.2) is 15.0 Å². The predicted molar refractivity (Wildman–Crippen MR) is 67.8 cm³/mol. The zero-order valence-corrected chi connectivity index (χ0v) is 10.2. The first-order chi connectivity index (χ1) is 9.06. The fraction of sp³-hybridized carbons (Fsp3) is 0.167. The van der Waals surface area contributed by atoms with E-state index in [9.17, 15) is 9.59 Å². The van der Waals surface area contributed by atoms with Crippen molar-refractivity contribution in [3.05, 3.63) is 47.3 Å². The summed E-state index contributed by atoms with van der Waals surface area (Å²) in [4.78, 5) is 37.1. The first-order valence-corrected chi connectivity index (χ1v) is 5.58. The van der Waals surface area contributed by atoms with Gasteiger partial charge >= 0.3 is 0 Å². The van der Waals surface area contributed by atoms with E-state index in [0.717, 1.165) is 0 Å². The Bertz CT molecular complexity index is 638. The molecule has 0 saturated carbocycles. The number of rotatable bonds is 4. The lowest BCUT2D eigenvalue weighted by molar-refractivity contribution is -0.115. The van der Waals surface area contributed by atoms with Crippen molar-refractivity contribution in [1.82, 2.24) is 19.9 Å². The minimum atomic E-state index is -0.567. The Kier molecular flexibility index (Phi) is 3.65. The number of hydrogen-bond donors (Lipinski definition) is 2. The van der Waals surface area contributed by atoms with Crippen LogP contribution in [0, 0.1) is 6.42 Å². The number of H-pyrrole nitrogens is 1. The Labute approximate surface area is 108 Å². The van der Waals surface area contributed by atoms with E-state index in [0.29, 0.717) is 17.2 Å². The van der Waals surface area contributed by atoms with E-state index >= 15 is 0 Å². The van der Waals surface area contributed by atoms with E-state index in [2.05, 4.69) is 19.9 Å². The highest BCUT2D eigenvalue weighted by Crippen LogP contribution is 2.16. The third kappa shape index (κ3) is 3.21. The van der Waals surface area contributed by atoms with E-state index in [1.54, 1.807) is 19.2 Å². The molecule has 7 heteroatoms. The van der Waals surface area contributed by atoms with Crippen LogP contribution in [-0.2, 0) is 4.79 Å². The molecular formula is C12H12N5O2. The van der Waals surface area contributed by atoms with Crippen molar-refractivity contribution >= 4 is 5.91 Å². The fourth-order valence-electron chi connectivity index (χ4n) is 1.59. The molecule has 0 aromatic carbocycles. The molecule has 97 valence electrons. The molecule has 0 aliphatic rings. The first-order valence-electron chi connectivity index (χ1n) is 5.58. The minimum absolute atomic E-state index is 0.316. The quantitative estimate of drug-likeness (QED) is 0.802. The van der Waals surface area contributed by atoms with Crippen LogP contribution in [-0.4, -0.2) is 25.8 Å². The van der Waals surface area contributed by atoms with Crippen LogP contribution < -0.4 is 11.3 Å². The molecule has 0 fully saturated rings. The molecule has 0 aliphatic heterocycles. The molecule has 0 spiro atoms. The molecule has 19 heavy (non-hydrogen) atoms. The molecule has 7 nitrogen and oxygen atoms in total. The van der Waals surface area contributed by atoms with Gasteiger partial charge in [0.2, 0.25) is 5.91 Å². The average molecular weight is 258 g/mol. The topological polar surface area (TPSA) is 115 Å². The van der Waals surface area contributed by atoms with Gasteiger partial charge < -0.3 is 10.7 Å². The lowest BCUT2D eigenvalue weighted by Gasteiger charge is -2.09. The third-order valence-electron chi connectivity index (χ3n) is 2.45.